The highest BCUT2D eigenvalue weighted by atomic mass is 32.2. The summed E-state index contributed by atoms with van der Waals surface area (Å²) in [4.78, 5) is 25.2. The van der Waals surface area contributed by atoms with Crippen molar-refractivity contribution in [1.29, 1.82) is 0 Å². The van der Waals surface area contributed by atoms with Crippen LogP contribution in [0.4, 0.5) is 0 Å². The number of ketones is 2. The molecule has 12 nitrogen and oxygen atoms in total. The Hall–Kier alpha value is -2.45. The first-order valence-corrected chi connectivity index (χ1v) is 14.4. The van der Waals surface area contributed by atoms with Gasteiger partial charge in [-0.15, -0.1) is 5.10 Å². The summed E-state index contributed by atoms with van der Waals surface area (Å²) in [6.45, 7) is 9.60. The van der Waals surface area contributed by atoms with Gasteiger partial charge in [-0.3, -0.25) is 14.5 Å². The number of hydrogen-bond acceptors (Lipinski definition) is 11. The summed E-state index contributed by atoms with van der Waals surface area (Å²) in [6, 6.07) is 0. The minimum absolute atomic E-state index is 0.122. The maximum Gasteiger partial charge on any atom is 0.166 e. The van der Waals surface area contributed by atoms with Crippen LogP contribution in [0.5, 0.6) is 0 Å². The van der Waals surface area contributed by atoms with Crippen LogP contribution in [0.1, 0.15) is 18.5 Å². The lowest BCUT2D eigenvalue weighted by atomic mass is 9.98. The van der Waals surface area contributed by atoms with Gasteiger partial charge in [0.15, 0.2) is 21.4 Å². The lowest BCUT2D eigenvalue weighted by molar-refractivity contribution is -0.125. The van der Waals surface area contributed by atoms with Crippen LogP contribution in [-0.2, 0) is 46.7 Å². The normalized spacial score (nSPS) is 18.1. The van der Waals surface area contributed by atoms with Crippen LogP contribution in [0.15, 0.2) is 30.6 Å². The highest BCUT2D eigenvalue weighted by molar-refractivity contribution is 7.91. The van der Waals surface area contributed by atoms with Crippen LogP contribution < -0.4 is 5.32 Å². The Bertz CT molecular complexity index is 1010. The SMILES string of the molecule is C=C(CCC1C(=O)C=CC1=O)NCCOCCOCCOCCn1cc(CN2CCS(=O)(=O)CC2)nn1. The first kappa shape index (κ1) is 29.1. The number of aromatic nitrogens is 3. The van der Waals surface area contributed by atoms with Gasteiger partial charge in [0.05, 0.1) is 69.3 Å². The van der Waals surface area contributed by atoms with E-state index in [1.165, 1.54) is 12.2 Å². The molecule has 1 aliphatic carbocycles. The second kappa shape index (κ2) is 15.1. The van der Waals surface area contributed by atoms with Gasteiger partial charge in [0.2, 0.25) is 0 Å². The molecule has 0 aromatic carbocycles. The molecule has 1 fully saturated rings. The van der Waals surface area contributed by atoms with Crippen LogP contribution in [0.3, 0.4) is 0 Å². The largest absolute Gasteiger partial charge is 0.387 e. The number of carbonyl (C=O) groups excluding carboxylic acids is 2. The molecule has 1 aromatic heterocycles. The lowest BCUT2D eigenvalue weighted by Gasteiger charge is -2.25. The first-order chi connectivity index (χ1) is 17.8. The molecule has 2 aliphatic rings. The first-order valence-electron chi connectivity index (χ1n) is 12.5. The van der Waals surface area contributed by atoms with Crippen LogP contribution in [0.2, 0.25) is 0 Å². The van der Waals surface area contributed by atoms with E-state index in [1.54, 1.807) is 4.68 Å². The smallest absolute Gasteiger partial charge is 0.166 e. The number of allylic oxidation sites excluding steroid dienone is 3. The lowest BCUT2D eigenvalue weighted by Crippen LogP contribution is -2.39. The molecule has 0 amide bonds. The van der Waals surface area contributed by atoms with Crippen molar-refractivity contribution in [2.45, 2.75) is 25.9 Å². The fraction of sp³-hybridized carbons (Fsp3) is 0.667. The minimum Gasteiger partial charge on any atom is -0.387 e. The number of rotatable bonds is 18. The van der Waals surface area contributed by atoms with Crippen molar-refractivity contribution in [3.8, 4) is 0 Å². The molecule has 1 aromatic rings. The number of ether oxygens (including phenoxy) is 3. The Morgan fingerprint density at radius 3 is 2.30 bits per heavy atom. The molecule has 0 atom stereocenters. The third-order valence-electron chi connectivity index (χ3n) is 6.07. The topological polar surface area (TPSA) is 142 Å². The molecule has 37 heavy (non-hydrogen) atoms. The van der Waals surface area contributed by atoms with Gasteiger partial charge in [-0.2, -0.15) is 0 Å². The molecule has 2 heterocycles. The van der Waals surface area contributed by atoms with Crippen molar-refractivity contribution in [1.82, 2.24) is 25.2 Å². The average molecular weight is 540 g/mol. The summed E-state index contributed by atoms with van der Waals surface area (Å²) < 4.78 is 41.3. The zero-order valence-corrected chi connectivity index (χ0v) is 22.0. The third-order valence-corrected chi connectivity index (χ3v) is 7.68. The predicted octanol–water partition coefficient (Wildman–Crippen LogP) is -0.234. The summed E-state index contributed by atoms with van der Waals surface area (Å²) in [5.74, 6) is -0.395. The van der Waals surface area contributed by atoms with Gasteiger partial charge in [0, 0.05) is 38.1 Å². The van der Waals surface area contributed by atoms with E-state index in [0.29, 0.717) is 85.2 Å². The Labute approximate surface area is 217 Å². The fourth-order valence-corrected chi connectivity index (χ4v) is 5.16. The monoisotopic (exact) mass is 539 g/mol. The van der Waals surface area contributed by atoms with E-state index in [0.717, 1.165) is 11.4 Å². The van der Waals surface area contributed by atoms with Gasteiger partial charge in [-0.1, -0.05) is 11.8 Å². The summed E-state index contributed by atoms with van der Waals surface area (Å²) in [7, 11) is -2.88. The fourth-order valence-electron chi connectivity index (χ4n) is 3.89. The Morgan fingerprint density at radius 1 is 1.00 bits per heavy atom. The summed E-state index contributed by atoms with van der Waals surface area (Å²) in [5.41, 5.74) is 1.60. The van der Waals surface area contributed by atoms with E-state index in [4.69, 9.17) is 14.2 Å². The van der Waals surface area contributed by atoms with E-state index in [2.05, 4.69) is 27.1 Å². The van der Waals surface area contributed by atoms with Crippen molar-refractivity contribution in [2.75, 3.05) is 70.8 Å². The van der Waals surface area contributed by atoms with E-state index < -0.39 is 15.8 Å². The molecule has 3 rings (SSSR count). The van der Waals surface area contributed by atoms with Gasteiger partial charge < -0.3 is 19.5 Å². The van der Waals surface area contributed by atoms with Gasteiger partial charge in [-0.05, 0) is 25.0 Å². The second-order valence-corrected chi connectivity index (χ2v) is 11.3. The summed E-state index contributed by atoms with van der Waals surface area (Å²) >= 11 is 0. The van der Waals surface area contributed by atoms with Crippen molar-refractivity contribution < 1.29 is 32.2 Å². The minimum atomic E-state index is -2.88. The quantitative estimate of drug-likeness (QED) is 0.195. The molecular weight excluding hydrogens is 502 g/mol. The second-order valence-electron chi connectivity index (χ2n) is 9.00. The molecule has 13 heteroatoms. The Morgan fingerprint density at radius 2 is 1.62 bits per heavy atom. The van der Waals surface area contributed by atoms with Crippen molar-refractivity contribution in [3.05, 3.63) is 36.3 Å². The summed E-state index contributed by atoms with van der Waals surface area (Å²) in [6.07, 6.45) is 5.59. The maximum atomic E-state index is 11.6. The molecule has 206 valence electrons. The Balaban J connectivity index is 1.09. The predicted molar refractivity (Wildman–Crippen MR) is 135 cm³/mol. The van der Waals surface area contributed by atoms with E-state index in [1.807, 2.05) is 6.20 Å². The highest BCUT2D eigenvalue weighted by Crippen LogP contribution is 2.18. The van der Waals surface area contributed by atoms with E-state index >= 15 is 0 Å². The van der Waals surface area contributed by atoms with E-state index in [9.17, 15) is 18.0 Å². The standard InChI is InChI=1S/C24H37N5O7S/c1-20(2-3-22-23(30)4-5-24(22)31)25-6-10-34-12-14-36-15-13-35-11-7-29-19-21(26-27-29)18-28-8-16-37(32,33)17-9-28/h4-5,19,22,25H,1-3,6-18H2. The zero-order valence-electron chi connectivity index (χ0n) is 21.2. The number of hydrogen-bond donors (Lipinski definition) is 1. The van der Waals surface area contributed by atoms with Crippen LogP contribution in [-0.4, -0.2) is 111 Å². The average Bonchev–Trinajstić information content (AvgIpc) is 3.45. The number of sulfone groups is 1. The maximum absolute atomic E-state index is 11.6. The number of nitrogens with zero attached hydrogens (tertiary/aromatic N) is 4. The molecule has 0 unspecified atom stereocenters. The molecule has 0 saturated carbocycles. The number of carbonyl (C=O) groups is 2. The van der Waals surface area contributed by atoms with Gasteiger partial charge in [0.25, 0.3) is 0 Å². The van der Waals surface area contributed by atoms with Crippen LogP contribution in [0, 0.1) is 5.92 Å². The van der Waals surface area contributed by atoms with Crippen LogP contribution >= 0.6 is 0 Å². The van der Waals surface area contributed by atoms with Gasteiger partial charge in [-0.25, -0.2) is 13.1 Å². The molecular formula is C24H37N5O7S. The summed E-state index contributed by atoms with van der Waals surface area (Å²) in [5, 5.41) is 11.4. The molecule has 0 radical (unpaired) electrons. The Kier molecular flexibility index (Phi) is 11.9. The molecule has 1 saturated heterocycles. The van der Waals surface area contributed by atoms with E-state index in [-0.39, 0.29) is 23.1 Å². The van der Waals surface area contributed by atoms with Crippen molar-refractivity contribution >= 4 is 21.4 Å². The molecule has 1 aliphatic heterocycles. The van der Waals surface area contributed by atoms with Crippen molar-refractivity contribution in [2.24, 2.45) is 5.92 Å². The third kappa shape index (κ3) is 10.8. The van der Waals surface area contributed by atoms with Crippen molar-refractivity contribution in [3.63, 3.8) is 0 Å². The van der Waals surface area contributed by atoms with Gasteiger partial charge in [0.1, 0.15) is 0 Å². The molecule has 0 spiro atoms. The van der Waals surface area contributed by atoms with Crippen LogP contribution in [0.25, 0.3) is 0 Å². The van der Waals surface area contributed by atoms with Gasteiger partial charge >= 0.3 is 0 Å². The highest BCUT2D eigenvalue weighted by Gasteiger charge is 2.27. The molecule has 1 N–H and O–H groups in total. The zero-order chi connectivity index (χ0) is 26.5. The molecule has 0 bridgehead atoms. The number of nitrogens with one attached hydrogen (secondary N) is 1.